The van der Waals surface area contributed by atoms with Gasteiger partial charge in [-0.15, -0.1) is 11.3 Å². The van der Waals surface area contributed by atoms with Crippen LogP contribution in [0.15, 0.2) is 47.8 Å². The van der Waals surface area contributed by atoms with Crippen LogP contribution in [0.4, 0.5) is 0 Å². The summed E-state index contributed by atoms with van der Waals surface area (Å²) in [4.78, 5) is 1.54. The monoisotopic (exact) mass is 228 g/mol. The van der Waals surface area contributed by atoms with Crippen molar-refractivity contribution in [1.82, 2.24) is 0 Å². The first-order chi connectivity index (χ1) is 7.93. The van der Waals surface area contributed by atoms with E-state index in [2.05, 4.69) is 47.8 Å². The third-order valence-corrected chi connectivity index (χ3v) is 4.43. The van der Waals surface area contributed by atoms with Crippen molar-refractivity contribution in [3.8, 4) is 0 Å². The van der Waals surface area contributed by atoms with Gasteiger partial charge in [0.05, 0.1) is 0 Å². The summed E-state index contributed by atoms with van der Waals surface area (Å²) < 4.78 is 0. The molecule has 3 rings (SSSR count). The smallest absolute Gasteiger partial charge is 0.00453 e. The Bertz CT molecular complexity index is 430. The molecule has 16 heavy (non-hydrogen) atoms. The van der Waals surface area contributed by atoms with E-state index in [0.29, 0.717) is 0 Å². The van der Waals surface area contributed by atoms with Crippen molar-refractivity contribution in [1.29, 1.82) is 0 Å². The molecule has 82 valence electrons. The quantitative estimate of drug-likeness (QED) is 0.723. The Morgan fingerprint density at radius 3 is 2.69 bits per heavy atom. The minimum atomic E-state index is 0.848. The highest BCUT2D eigenvalue weighted by molar-refractivity contribution is 7.09. The van der Waals surface area contributed by atoms with Crippen molar-refractivity contribution in [3.05, 3.63) is 58.3 Å². The fraction of sp³-hybridized carbons (Fsp3) is 0.333. The Morgan fingerprint density at radius 2 is 1.94 bits per heavy atom. The van der Waals surface area contributed by atoms with Crippen LogP contribution < -0.4 is 0 Å². The maximum Gasteiger partial charge on any atom is 0.00453 e. The molecule has 0 N–H and O–H groups in total. The molecule has 2 atom stereocenters. The Hall–Kier alpha value is -1.08. The van der Waals surface area contributed by atoms with Gasteiger partial charge >= 0.3 is 0 Å². The van der Waals surface area contributed by atoms with Crippen LogP contribution in [0.5, 0.6) is 0 Å². The zero-order valence-electron chi connectivity index (χ0n) is 9.30. The van der Waals surface area contributed by atoms with Crippen molar-refractivity contribution < 1.29 is 0 Å². The average molecular weight is 228 g/mol. The second-order valence-electron chi connectivity index (χ2n) is 4.63. The van der Waals surface area contributed by atoms with E-state index in [9.17, 15) is 0 Å². The van der Waals surface area contributed by atoms with E-state index in [1.165, 1.54) is 19.3 Å². The SMILES string of the molecule is c1ccc(C2CC2CCc2cccs2)cc1. The molecule has 0 amide bonds. The van der Waals surface area contributed by atoms with E-state index < -0.39 is 0 Å². The minimum Gasteiger partial charge on any atom is -0.149 e. The first kappa shape index (κ1) is 10.1. The summed E-state index contributed by atoms with van der Waals surface area (Å²) in [6, 6.07) is 15.4. The number of aryl methyl sites for hydroxylation is 1. The van der Waals surface area contributed by atoms with Crippen LogP contribution in [0.25, 0.3) is 0 Å². The summed E-state index contributed by atoms with van der Waals surface area (Å²) in [5.41, 5.74) is 1.54. The summed E-state index contributed by atoms with van der Waals surface area (Å²) in [5, 5.41) is 2.18. The predicted octanol–water partition coefficient (Wildman–Crippen LogP) is 4.48. The molecule has 2 aromatic rings. The van der Waals surface area contributed by atoms with Crippen LogP contribution in [0.1, 0.15) is 29.2 Å². The maximum absolute atomic E-state index is 2.27. The van der Waals surface area contributed by atoms with Crippen LogP contribution in [-0.4, -0.2) is 0 Å². The number of hydrogen-bond acceptors (Lipinski definition) is 1. The van der Waals surface area contributed by atoms with Gasteiger partial charge in [0.2, 0.25) is 0 Å². The predicted molar refractivity (Wildman–Crippen MR) is 69.9 cm³/mol. The Labute approximate surface area is 101 Å². The molecule has 0 bridgehead atoms. The van der Waals surface area contributed by atoms with E-state index in [4.69, 9.17) is 0 Å². The molecular weight excluding hydrogens is 212 g/mol. The van der Waals surface area contributed by atoms with Crippen LogP contribution >= 0.6 is 11.3 Å². The largest absolute Gasteiger partial charge is 0.149 e. The molecule has 1 heteroatoms. The van der Waals surface area contributed by atoms with Crippen LogP contribution in [0.3, 0.4) is 0 Å². The lowest BCUT2D eigenvalue weighted by Gasteiger charge is -1.99. The van der Waals surface area contributed by atoms with Crippen molar-refractivity contribution in [2.24, 2.45) is 5.92 Å². The summed E-state index contributed by atoms with van der Waals surface area (Å²) in [7, 11) is 0. The lowest BCUT2D eigenvalue weighted by molar-refractivity contribution is 0.709. The van der Waals surface area contributed by atoms with Gasteiger partial charge in [-0.25, -0.2) is 0 Å². The third-order valence-electron chi connectivity index (χ3n) is 3.49. The number of thiophene rings is 1. The van der Waals surface area contributed by atoms with E-state index >= 15 is 0 Å². The fourth-order valence-electron chi connectivity index (χ4n) is 2.46. The van der Waals surface area contributed by atoms with Crippen molar-refractivity contribution in [2.45, 2.75) is 25.2 Å². The van der Waals surface area contributed by atoms with Crippen LogP contribution in [0, 0.1) is 5.92 Å². The highest BCUT2D eigenvalue weighted by Gasteiger charge is 2.37. The Balaban J connectivity index is 1.53. The van der Waals surface area contributed by atoms with Crippen molar-refractivity contribution in [2.75, 3.05) is 0 Å². The first-order valence-electron chi connectivity index (χ1n) is 6.01. The van der Waals surface area contributed by atoms with E-state index in [0.717, 1.165) is 11.8 Å². The molecule has 1 aromatic heterocycles. The molecule has 0 spiro atoms. The van der Waals surface area contributed by atoms with Gasteiger partial charge in [0.25, 0.3) is 0 Å². The third kappa shape index (κ3) is 2.19. The fourth-order valence-corrected chi connectivity index (χ4v) is 3.18. The Morgan fingerprint density at radius 1 is 1.06 bits per heavy atom. The van der Waals surface area contributed by atoms with E-state index in [-0.39, 0.29) is 0 Å². The van der Waals surface area contributed by atoms with Crippen LogP contribution in [-0.2, 0) is 6.42 Å². The van der Waals surface area contributed by atoms with Crippen molar-refractivity contribution in [3.63, 3.8) is 0 Å². The van der Waals surface area contributed by atoms with Gasteiger partial charge < -0.3 is 0 Å². The summed E-state index contributed by atoms with van der Waals surface area (Å²) in [6.07, 6.45) is 4.03. The molecule has 1 aliphatic rings. The lowest BCUT2D eigenvalue weighted by atomic mass is 10.1. The zero-order valence-corrected chi connectivity index (χ0v) is 10.1. The van der Waals surface area contributed by atoms with E-state index in [1.54, 1.807) is 10.4 Å². The van der Waals surface area contributed by atoms with Gasteiger partial charge in [-0.2, -0.15) is 0 Å². The lowest BCUT2D eigenvalue weighted by Crippen LogP contribution is -1.86. The van der Waals surface area contributed by atoms with E-state index in [1.807, 2.05) is 11.3 Å². The topological polar surface area (TPSA) is 0 Å². The highest BCUT2D eigenvalue weighted by Crippen LogP contribution is 2.49. The molecule has 0 radical (unpaired) electrons. The summed E-state index contributed by atoms with van der Waals surface area (Å²) >= 11 is 1.89. The molecule has 0 saturated heterocycles. The molecule has 1 saturated carbocycles. The first-order valence-corrected chi connectivity index (χ1v) is 6.89. The summed E-state index contributed by atoms with van der Waals surface area (Å²) in [5.74, 6) is 1.78. The van der Waals surface area contributed by atoms with Gasteiger partial charge in [0, 0.05) is 4.88 Å². The second-order valence-corrected chi connectivity index (χ2v) is 5.66. The van der Waals surface area contributed by atoms with Crippen LogP contribution in [0.2, 0.25) is 0 Å². The van der Waals surface area contributed by atoms with Crippen molar-refractivity contribution >= 4 is 11.3 Å². The molecule has 1 heterocycles. The van der Waals surface area contributed by atoms with Gasteiger partial charge in [-0.1, -0.05) is 36.4 Å². The molecule has 0 aliphatic heterocycles. The van der Waals surface area contributed by atoms with Gasteiger partial charge in [-0.3, -0.25) is 0 Å². The normalized spacial score (nSPS) is 23.2. The molecule has 1 aromatic carbocycles. The summed E-state index contributed by atoms with van der Waals surface area (Å²) in [6.45, 7) is 0. The second kappa shape index (κ2) is 4.42. The number of rotatable bonds is 4. The molecule has 1 fully saturated rings. The average Bonchev–Trinajstić information content (AvgIpc) is 2.93. The highest BCUT2D eigenvalue weighted by atomic mass is 32.1. The van der Waals surface area contributed by atoms with Gasteiger partial charge in [0.1, 0.15) is 0 Å². The molecular formula is C15H16S. The van der Waals surface area contributed by atoms with Gasteiger partial charge in [0.15, 0.2) is 0 Å². The van der Waals surface area contributed by atoms with Gasteiger partial charge in [-0.05, 0) is 48.1 Å². The zero-order chi connectivity index (χ0) is 10.8. The Kier molecular flexibility index (Phi) is 2.79. The number of benzene rings is 1. The minimum absolute atomic E-state index is 0.848. The molecule has 0 nitrogen and oxygen atoms in total. The standard InChI is InChI=1S/C15H16S/c1-2-5-12(6-3-1)15-11-13(15)8-9-14-7-4-10-16-14/h1-7,10,13,15H,8-9,11H2. The number of hydrogen-bond donors (Lipinski definition) is 0. The molecule has 2 unspecified atom stereocenters. The maximum atomic E-state index is 2.27. The molecule has 1 aliphatic carbocycles.